The molecule has 17 heavy (non-hydrogen) atoms. The lowest BCUT2D eigenvalue weighted by molar-refractivity contribution is 0.138. The summed E-state index contributed by atoms with van der Waals surface area (Å²) in [7, 11) is 0. The molecule has 0 saturated heterocycles. The van der Waals surface area contributed by atoms with E-state index in [1.54, 1.807) is 0 Å². The average Bonchev–Trinajstić information content (AvgIpc) is 3.04. The van der Waals surface area contributed by atoms with Gasteiger partial charge < -0.3 is 10.6 Å². The first-order valence-corrected chi connectivity index (χ1v) is 7.79. The third kappa shape index (κ3) is 2.15. The highest BCUT2D eigenvalue weighted by molar-refractivity contribution is 5.00. The predicted molar refractivity (Wildman–Crippen MR) is 71.8 cm³/mol. The molecule has 0 aliphatic heterocycles. The SMILES string of the molecule is CCN(CC1C2CCC(C2)C1N)C1CCCC1. The van der Waals surface area contributed by atoms with Crippen molar-refractivity contribution in [2.24, 2.45) is 23.5 Å². The second-order valence-electron chi connectivity index (χ2n) is 6.60. The molecule has 4 atom stereocenters. The summed E-state index contributed by atoms with van der Waals surface area (Å²) in [5, 5.41) is 0. The topological polar surface area (TPSA) is 29.3 Å². The molecule has 3 saturated carbocycles. The second kappa shape index (κ2) is 4.89. The highest BCUT2D eigenvalue weighted by atomic mass is 15.2. The molecule has 0 aromatic rings. The maximum absolute atomic E-state index is 6.44. The average molecular weight is 236 g/mol. The van der Waals surface area contributed by atoms with E-state index < -0.39 is 0 Å². The fourth-order valence-corrected chi connectivity index (χ4v) is 4.80. The van der Waals surface area contributed by atoms with Crippen molar-refractivity contribution in [2.45, 2.75) is 64.0 Å². The molecule has 3 aliphatic carbocycles. The molecule has 2 bridgehead atoms. The van der Waals surface area contributed by atoms with Crippen molar-refractivity contribution in [1.29, 1.82) is 0 Å². The van der Waals surface area contributed by atoms with Crippen LogP contribution in [-0.2, 0) is 0 Å². The Morgan fingerprint density at radius 2 is 1.76 bits per heavy atom. The number of hydrogen-bond donors (Lipinski definition) is 1. The molecule has 3 rings (SSSR count). The van der Waals surface area contributed by atoms with E-state index in [1.807, 2.05) is 0 Å². The Morgan fingerprint density at radius 1 is 1.06 bits per heavy atom. The predicted octanol–water partition coefficient (Wildman–Crippen LogP) is 2.62. The van der Waals surface area contributed by atoms with Gasteiger partial charge in [-0.15, -0.1) is 0 Å². The lowest BCUT2D eigenvalue weighted by Gasteiger charge is -2.36. The number of fused-ring (bicyclic) bond motifs is 2. The zero-order valence-electron chi connectivity index (χ0n) is 11.3. The van der Waals surface area contributed by atoms with E-state index in [2.05, 4.69) is 11.8 Å². The van der Waals surface area contributed by atoms with E-state index >= 15 is 0 Å². The molecular weight excluding hydrogens is 208 g/mol. The van der Waals surface area contributed by atoms with Crippen LogP contribution in [-0.4, -0.2) is 30.1 Å². The summed E-state index contributed by atoms with van der Waals surface area (Å²) in [5.41, 5.74) is 6.44. The Hall–Kier alpha value is -0.0800. The normalized spacial score (nSPS) is 41.8. The summed E-state index contributed by atoms with van der Waals surface area (Å²) in [6.45, 7) is 4.85. The second-order valence-corrected chi connectivity index (χ2v) is 6.60. The van der Waals surface area contributed by atoms with Crippen molar-refractivity contribution >= 4 is 0 Å². The van der Waals surface area contributed by atoms with Gasteiger partial charge in [0.25, 0.3) is 0 Å². The number of nitrogens with zero attached hydrogens (tertiary/aromatic N) is 1. The summed E-state index contributed by atoms with van der Waals surface area (Å²) in [5.74, 6) is 2.65. The number of nitrogens with two attached hydrogens (primary N) is 1. The monoisotopic (exact) mass is 236 g/mol. The van der Waals surface area contributed by atoms with Gasteiger partial charge in [0.05, 0.1) is 0 Å². The van der Waals surface area contributed by atoms with Gasteiger partial charge in [-0.05, 0) is 56.4 Å². The van der Waals surface area contributed by atoms with E-state index in [0.29, 0.717) is 6.04 Å². The quantitative estimate of drug-likeness (QED) is 0.813. The van der Waals surface area contributed by atoms with E-state index in [1.165, 1.54) is 58.0 Å². The zero-order valence-corrected chi connectivity index (χ0v) is 11.3. The van der Waals surface area contributed by atoms with Crippen LogP contribution < -0.4 is 5.73 Å². The highest BCUT2D eigenvalue weighted by Gasteiger charge is 2.46. The van der Waals surface area contributed by atoms with Crippen molar-refractivity contribution in [3.05, 3.63) is 0 Å². The van der Waals surface area contributed by atoms with Gasteiger partial charge in [0.1, 0.15) is 0 Å². The Bertz CT molecular complexity index is 258. The third-order valence-electron chi connectivity index (χ3n) is 5.85. The zero-order chi connectivity index (χ0) is 11.8. The molecule has 4 unspecified atom stereocenters. The van der Waals surface area contributed by atoms with Crippen LogP contribution in [0.3, 0.4) is 0 Å². The minimum Gasteiger partial charge on any atom is -0.327 e. The largest absolute Gasteiger partial charge is 0.327 e. The van der Waals surface area contributed by atoms with E-state index in [9.17, 15) is 0 Å². The van der Waals surface area contributed by atoms with Gasteiger partial charge in [0, 0.05) is 18.6 Å². The van der Waals surface area contributed by atoms with Crippen LogP contribution in [0.25, 0.3) is 0 Å². The summed E-state index contributed by atoms with van der Waals surface area (Å²) >= 11 is 0. The summed E-state index contributed by atoms with van der Waals surface area (Å²) < 4.78 is 0. The maximum atomic E-state index is 6.44. The van der Waals surface area contributed by atoms with Crippen LogP contribution in [0.15, 0.2) is 0 Å². The first-order valence-electron chi connectivity index (χ1n) is 7.79. The molecule has 2 nitrogen and oxygen atoms in total. The Balaban J connectivity index is 1.61. The molecule has 0 spiro atoms. The molecule has 2 heteroatoms. The minimum absolute atomic E-state index is 0.518. The van der Waals surface area contributed by atoms with Crippen LogP contribution in [0.5, 0.6) is 0 Å². The lowest BCUT2D eigenvalue weighted by Crippen LogP contribution is -2.45. The first-order chi connectivity index (χ1) is 8.29. The Kier molecular flexibility index (Phi) is 3.45. The molecule has 3 aliphatic rings. The van der Waals surface area contributed by atoms with Gasteiger partial charge in [0.15, 0.2) is 0 Å². The summed E-state index contributed by atoms with van der Waals surface area (Å²) in [4.78, 5) is 2.75. The Morgan fingerprint density at radius 3 is 2.35 bits per heavy atom. The summed E-state index contributed by atoms with van der Waals surface area (Å²) in [6.07, 6.45) is 10.1. The molecule has 0 radical (unpaired) electrons. The van der Waals surface area contributed by atoms with Crippen molar-refractivity contribution in [2.75, 3.05) is 13.1 Å². The van der Waals surface area contributed by atoms with E-state index in [-0.39, 0.29) is 0 Å². The standard InChI is InChI=1S/C15H28N2/c1-2-17(13-5-3-4-6-13)10-14-11-7-8-12(9-11)15(14)16/h11-15H,2-10,16H2,1H3. The fraction of sp³-hybridized carbons (Fsp3) is 1.00. The van der Waals surface area contributed by atoms with Crippen LogP contribution in [0, 0.1) is 17.8 Å². The molecule has 3 fully saturated rings. The molecule has 0 amide bonds. The number of rotatable bonds is 4. The van der Waals surface area contributed by atoms with E-state index in [4.69, 9.17) is 5.73 Å². The van der Waals surface area contributed by atoms with Gasteiger partial charge >= 0.3 is 0 Å². The van der Waals surface area contributed by atoms with Crippen molar-refractivity contribution in [3.8, 4) is 0 Å². The molecular formula is C15H28N2. The van der Waals surface area contributed by atoms with Crippen LogP contribution >= 0.6 is 0 Å². The Labute approximate surface area is 106 Å². The maximum Gasteiger partial charge on any atom is 0.0111 e. The first kappa shape index (κ1) is 12.0. The van der Waals surface area contributed by atoms with Crippen LogP contribution in [0.1, 0.15) is 51.9 Å². The number of hydrogen-bond acceptors (Lipinski definition) is 2. The van der Waals surface area contributed by atoms with Crippen molar-refractivity contribution in [1.82, 2.24) is 4.90 Å². The molecule has 0 heterocycles. The molecule has 2 N–H and O–H groups in total. The highest BCUT2D eigenvalue weighted by Crippen LogP contribution is 2.48. The van der Waals surface area contributed by atoms with Gasteiger partial charge in [-0.1, -0.05) is 19.8 Å². The van der Waals surface area contributed by atoms with Crippen molar-refractivity contribution < 1.29 is 0 Å². The van der Waals surface area contributed by atoms with Crippen LogP contribution in [0.4, 0.5) is 0 Å². The smallest absolute Gasteiger partial charge is 0.0111 e. The van der Waals surface area contributed by atoms with Crippen LogP contribution in [0.2, 0.25) is 0 Å². The van der Waals surface area contributed by atoms with Gasteiger partial charge in [-0.25, -0.2) is 0 Å². The van der Waals surface area contributed by atoms with Gasteiger partial charge in [0.2, 0.25) is 0 Å². The molecule has 0 aromatic carbocycles. The summed E-state index contributed by atoms with van der Waals surface area (Å²) in [6, 6.07) is 1.40. The van der Waals surface area contributed by atoms with Gasteiger partial charge in [-0.2, -0.15) is 0 Å². The molecule has 0 aromatic heterocycles. The van der Waals surface area contributed by atoms with E-state index in [0.717, 1.165) is 23.8 Å². The van der Waals surface area contributed by atoms with Crippen molar-refractivity contribution in [3.63, 3.8) is 0 Å². The van der Waals surface area contributed by atoms with Gasteiger partial charge in [-0.3, -0.25) is 0 Å². The molecule has 98 valence electrons. The lowest BCUT2D eigenvalue weighted by atomic mass is 9.84. The fourth-order valence-electron chi connectivity index (χ4n) is 4.80. The third-order valence-corrected chi connectivity index (χ3v) is 5.85. The minimum atomic E-state index is 0.518.